The lowest BCUT2D eigenvalue weighted by molar-refractivity contribution is -0.145. The minimum atomic E-state index is -3.11. The van der Waals surface area contributed by atoms with E-state index < -0.39 is 22.0 Å². The molecule has 1 atom stereocenters. The monoisotopic (exact) mass is 793 g/mol. The van der Waals surface area contributed by atoms with E-state index in [9.17, 15) is 18.4 Å². The second kappa shape index (κ2) is 15.1. The molecule has 0 bridgehead atoms. The van der Waals surface area contributed by atoms with Crippen LogP contribution < -0.4 is 25.4 Å². The molecule has 1 amide bonds. The zero-order valence-corrected chi connectivity index (χ0v) is 29.6. The zero-order chi connectivity index (χ0) is 34.5. The smallest absolute Gasteiger partial charge is 0.344 e. The number of hydrogen-bond acceptors (Lipinski definition) is 11. The fourth-order valence-electron chi connectivity index (χ4n) is 6.14. The number of amides is 1. The number of alkyl halides is 3. The summed E-state index contributed by atoms with van der Waals surface area (Å²) in [5.74, 6) is 0.311. The molecule has 1 aromatic heterocycles. The molecule has 3 fully saturated rings. The molecule has 0 spiro atoms. The van der Waals surface area contributed by atoms with Crippen molar-refractivity contribution in [3.05, 3.63) is 53.6 Å². The second-order valence-corrected chi connectivity index (χ2v) is 14.7. The normalized spacial score (nSPS) is 20.6. The van der Waals surface area contributed by atoms with Gasteiger partial charge in [0, 0.05) is 46.7 Å². The Hall–Kier alpha value is -3.60. The number of aromatic nitrogens is 3. The number of hydrogen-bond donors (Lipinski definition) is 3. The molecule has 12 nitrogen and oxygen atoms in total. The number of nitrogens with zero attached hydrogens (tertiary/aromatic N) is 4. The van der Waals surface area contributed by atoms with Crippen molar-refractivity contribution in [3.8, 4) is 11.8 Å². The first kappa shape index (κ1) is 35.2. The molecule has 4 aliphatic rings. The predicted molar refractivity (Wildman–Crippen MR) is 187 cm³/mol. The average Bonchev–Trinajstić information content (AvgIpc) is 3.98. The molecule has 2 saturated carbocycles. The van der Waals surface area contributed by atoms with Crippen molar-refractivity contribution >= 4 is 46.4 Å². The third-order valence-electron chi connectivity index (χ3n) is 9.17. The molecule has 3 N–H and O–H groups in total. The van der Waals surface area contributed by atoms with Crippen LogP contribution >= 0.6 is 22.6 Å². The standard InChI is InChI=1S/C34H42F2IN7O5/c1-2-47-27(45)19-48-26-11-7-24(8-12-26)33(15-16-33)43-30-40-29(41-31(42-30)49-22-34(35,36)37)39-25-9-5-23(6-10-25)28(46)38-20-32(13-14-32)21-44-17-3-4-18-44/h5-9,11-12,25H,2-4,10,13-22H2,1H3,(H,38,46)(H2,39,40,41,42,43). The van der Waals surface area contributed by atoms with Crippen molar-refractivity contribution in [3.63, 3.8) is 0 Å². The molecule has 2 aromatic rings. The maximum absolute atomic E-state index is 13.6. The van der Waals surface area contributed by atoms with Gasteiger partial charge in [0.2, 0.25) is 11.9 Å². The summed E-state index contributed by atoms with van der Waals surface area (Å²) in [5, 5.41) is 9.71. The van der Waals surface area contributed by atoms with Gasteiger partial charge < -0.3 is 35.1 Å². The molecule has 2 heterocycles. The molecule has 1 unspecified atom stereocenters. The van der Waals surface area contributed by atoms with Gasteiger partial charge in [-0.2, -0.15) is 23.7 Å². The molecule has 6 rings (SSSR count). The number of esters is 1. The molecule has 15 heteroatoms. The molecule has 1 aliphatic heterocycles. The summed E-state index contributed by atoms with van der Waals surface area (Å²) in [6.07, 6.45) is 12.4. The van der Waals surface area contributed by atoms with E-state index in [1.807, 2.05) is 24.3 Å². The summed E-state index contributed by atoms with van der Waals surface area (Å²) >= 11 is 1.01. The van der Waals surface area contributed by atoms with Crippen molar-refractivity contribution in [2.75, 3.05) is 56.6 Å². The first-order valence-electron chi connectivity index (χ1n) is 16.8. The highest BCUT2D eigenvalue weighted by atomic mass is 127. The number of likely N-dealkylation sites (tertiary alicyclic amines) is 1. The SMILES string of the molecule is CCOC(=O)COc1ccc(C2(Nc3nc(NC4C=CC(C(=O)NCC5(CN6CCCC6)CC5)=CC4)nc(OCC(F)(F)I)n3)CC2)cc1. The molecule has 49 heavy (non-hydrogen) atoms. The molecule has 1 saturated heterocycles. The van der Waals surface area contributed by atoms with E-state index in [-0.39, 0.29) is 48.5 Å². The number of ether oxygens (including phenoxy) is 3. The van der Waals surface area contributed by atoms with Crippen LogP contribution in [0.3, 0.4) is 0 Å². The fraction of sp³-hybridized carbons (Fsp3) is 0.559. The third kappa shape index (κ3) is 9.99. The van der Waals surface area contributed by atoms with Gasteiger partial charge in [0.25, 0.3) is 5.91 Å². The van der Waals surface area contributed by atoms with Crippen LogP contribution in [0.1, 0.15) is 57.4 Å². The van der Waals surface area contributed by atoms with E-state index in [1.54, 1.807) is 25.1 Å². The van der Waals surface area contributed by atoms with E-state index in [4.69, 9.17) is 14.2 Å². The zero-order valence-electron chi connectivity index (χ0n) is 27.5. The summed E-state index contributed by atoms with van der Waals surface area (Å²) in [5.41, 5.74) is 1.28. The molecule has 0 radical (unpaired) electrons. The quantitative estimate of drug-likeness (QED) is 0.114. The fourth-order valence-corrected chi connectivity index (χ4v) is 6.30. The van der Waals surface area contributed by atoms with Gasteiger partial charge in [0.05, 0.1) is 18.2 Å². The molecule has 264 valence electrons. The summed E-state index contributed by atoms with van der Waals surface area (Å²) in [6.45, 7) is 4.97. The Kier molecular flexibility index (Phi) is 10.9. The largest absolute Gasteiger partial charge is 0.482 e. The molecule has 3 aliphatic carbocycles. The Labute approximate surface area is 298 Å². The topological polar surface area (TPSA) is 140 Å². The van der Waals surface area contributed by atoms with E-state index in [0.29, 0.717) is 24.3 Å². The summed E-state index contributed by atoms with van der Waals surface area (Å²) < 4.78 is 39.9. The number of rotatable bonds is 17. The molecule has 1 aromatic carbocycles. The third-order valence-corrected chi connectivity index (χ3v) is 9.48. The van der Waals surface area contributed by atoms with Crippen LogP contribution in [-0.4, -0.2) is 87.7 Å². The van der Waals surface area contributed by atoms with Gasteiger partial charge in [-0.3, -0.25) is 4.79 Å². The Morgan fingerprint density at radius 3 is 2.41 bits per heavy atom. The molecular weight excluding hydrogens is 751 g/mol. The number of anilines is 2. The summed E-state index contributed by atoms with van der Waals surface area (Å²) in [7, 11) is 0. The Balaban J connectivity index is 1.07. The van der Waals surface area contributed by atoms with Gasteiger partial charge in [0.15, 0.2) is 13.2 Å². The second-order valence-electron chi connectivity index (χ2n) is 13.2. The van der Waals surface area contributed by atoms with Gasteiger partial charge in [-0.15, -0.1) is 0 Å². The number of halogens is 3. The first-order chi connectivity index (χ1) is 23.5. The van der Waals surface area contributed by atoms with Gasteiger partial charge >= 0.3 is 15.9 Å². The first-order valence-corrected chi connectivity index (χ1v) is 17.9. The lowest BCUT2D eigenvalue weighted by Gasteiger charge is -2.24. The summed E-state index contributed by atoms with van der Waals surface area (Å²) in [4.78, 5) is 40.2. The van der Waals surface area contributed by atoms with Crippen LogP contribution in [0, 0.1) is 5.41 Å². The van der Waals surface area contributed by atoms with Gasteiger partial charge in [-0.05, 0) is 82.7 Å². The summed E-state index contributed by atoms with van der Waals surface area (Å²) in [6, 6.07) is 6.83. The van der Waals surface area contributed by atoms with Crippen molar-refractivity contribution in [1.29, 1.82) is 0 Å². The van der Waals surface area contributed by atoms with Crippen LogP contribution in [0.5, 0.6) is 11.8 Å². The Morgan fingerprint density at radius 1 is 1.04 bits per heavy atom. The highest BCUT2D eigenvalue weighted by Gasteiger charge is 2.46. The van der Waals surface area contributed by atoms with E-state index >= 15 is 0 Å². The number of carbonyl (C=O) groups is 2. The number of benzene rings is 1. The van der Waals surface area contributed by atoms with Crippen LogP contribution in [-0.2, 0) is 19.9 Å². The van der Waals surface area contributed by atoms with E-state index in [2.05, 4.69) is 35.8 Å². The van der Waals surface area contributed by atoms with Gasteiger partial charge in [0.1, 0.15) is 5.75 Å². The van der Waals surface area contributed by atoms with Crippen LogP contribution in [0.25, 0.3) is 0 Å². The average molecular weight is 794 g/mol. The van der Waals surface area contributed by atoms with Crippen molar-refractivity contribution in [1.82, 2.24) is 25.2 Å². The maximum atomic E-state index is 13.6. The minimum Gasteiger partial charge on any atom is -0.482 e. The van der Waals surface area contributed by atoms with Crippen LogP contribution in [0.2, 0.25) is 0 Å². The predicted octanol–water partition coefficient (Wildman–Crippen LogP) is 4.98. The minimum absolute atomic E-state index is 0.0854. The van der Waals surface area contributed by atoms with E-state index in [1.165, 1.54) is 12.8 Å². The highest BCUT2D eigenvalue weighted by molar-refractivity contribution is 14.1. The van der Waals surface area contributed by atoms with E-state index in [0.717, 1.165) is 73.5 Å². The molecular formula is C34H42F2IN7O5. The lowest BCUT2D eigenvalue weighted by atomic mass is 10.0. The highest BCUT2D eigenvalue weighted by Crippen LogP contribution is 2.48. The maximum Gasteiger partial charge on any atom is 0.344 e. The Morgan fingerprint density at radius 2 is 1.78 bits per heavy atom. The van der Waals surface area contributed by atoms with Crippen molar-refractivity contribution in [2.24, 2.45) is 5.41 Å². The van der Waals surface area contributed by atoms with Crippen LogP contribution in [0.15, 0.2) is 48.1 Å². The lowest BCUT2D eigenvalue weighted by Crippen LogP contribution is -2.37. The number of carbonyl (C=O) groups excluding carboxylic acids is 2. The van der Waals surface area contributed by atoms with Crippen molar-refractivity contribution in [2.45, 2.75) is 67.4 Å². The van der Waals surface area contributed by atoms with Gasteiger partial charge in [-0.25, -0.2) is 4.79 Å². The Bertz CT molecular complexity index is 1550. The van der Waals surface area contributed by atoms with Crippen molar-refractivity contribution < 1.29 is 32.6 Å². The van der Waals surface area contributed by atoms with Gasteiger partial charge in [-0.1, -0.05) is 30.4 Å². The number of nitrogens with one attached hydrogen (secondary N) is 3. The van der Waals surface area contributed by atoms with Crippen LogP contribution in [0.4, 0.5) is 20.7 Å².